The van der Waals surface area contributed by atoms with Gasteiger partial charge in [-0.1, -0.05) is 34.6 Å². The number of carboxylic acid groups (broad SMARTS) is 1. The number of carbonyl (C=O) groups is 3. The molecule has 6 heteroatoms. The Kier molecular flexibility index (Phi) is 6.86. The third-order valence-corrected chi connectivity index (χ3v) is 3.54. The summed E-state index contributed by atoms with van der Waals surface area (Å²) in [4.78, 5) is 34.5. The number of rotatable bonds is 7. The van der Waals surface area contributed by atoms with E-state index in [-0.39, 0.29) is 37.1 Å². The molecular weight excluding hydrogens is 272 g/mol. The first kappa shape index (κ1) is 19.4. The SMILES string of the molecule is CC(C)C(C)(CC(=O)O)NC(=O)CCNC(=O)C(C)(C)C. The molecular formula is C15H28N2O4. The maximum absolute atomic E-state index is 11.9. The van der Waals surface area contributed by atoms with Crippen LogP contribution < -0.4 is 10.6 Å². The Morgan fingerprint density at radius 3 is 2.00 bits per heavy atom. The summed E-state index contributed by atoms with van der Waals surface area (Å²) in [6.45, 7) is 11.1. The zero-order chi connectivity index (χ0) is 16.8. The van der Waals surface area contributed by atoms with Gasteiger partial charge in [-0.25, -0.2) is 0 Å². The van der Waals surface area contributed by atoms with Crippen LogP contribution in [0, 0.1) is 11.3 Å². The molecule has 0 saturated heterocycles. The van der Waals surface area contributed by atoms with Gasteiger partial charge in [-0.05, 0) is 12.8 Å². The van der Waals surface area contributed by atoms with Gasteiger partial charge in [0.25, 0.3) is 0 Å². The van der Waals surface area contributed by atoms with E-state index in [9.17, 15) is 14.4 Å². The van der Waals surface area contributed by atoms with Gasteiger partial charge in [0.05, 0.1) is 6.42 Å². The molecule has 21 heavy (non-hydrogen) atoms. The summed E-state index contributed by atoms with van der Waals surface area (Å²) in [5, 5.41) is 14.4. The Labute approximate surface area is 126 Å². The standard InChI is InChI=1S/C15H28N2O4/c1-10(2)15(6,9-12(19)20)17-11(18)7-8-16-13(21)14(3,4)5/h10H,7-9H2,1-6H3,(H,16,21)(H,17,18)(H,19,20). The zero-order valence-electron chi connectivity index (χ0n) is 13.9. The van der Waals surface area contributed by atoms with Crippen LogP contribution in [0.2, 0.25) is 0 Å². The van der Waals surface area contributed by atoms with Crippen LogP contribution in [0.5, 0.6) is 0 Å². The summed E-state index contributed by atoms with van der Waals surface area (Å²) in [5.74, 6) is -1.34. The first-order valence-corrected chi connectivity index (χ1v) is 7.19. The van der Waals surface area contributed by atoms with Crippen LogP contribution >= 0.6 is 0 Å². The highest BCUT2D eigenvalue weighted by molar-refractivity contribution is 5.82. The quantitative estimate of drug-likeness (QED) is 0.664. The fourth-order valence-electron chi connectivity index (χ4n) is 1.64. The van der Waals surface area contributed by atoms with Crippen molar-refractivity contribution >= 4 is 17.8 Å². The molecule has 0 aromatic rings. The molecule has 122 valence electrons. The Balaban J connectivity index is 4.41. The Morgan fingerprint density at radius 2 is 1.62 bits per heavy atom. The molecule has 0 bridgehead atoms. The number of amides is 2. The first-order chi connectivity index (χ1) is 9.38. The Morgan fingerprint density at radius 1 is 1.10 bits per heavy atom. The van der Waals surface area contributed by atoms with Crippen molar-refractivity contribution in [3.8, 4) is 0 Å². The maximum atomic E-state index is 11.9. The molecule has 2 amide bonds. The number of aliphatic carboxylic acids is 1. The van der Waals surface area contributed by atoms with Gasteiger partial charge in [-0.15, -0.1) is 0 Å². The maximum Gasteiger partial charge on any atom is 0.305 e. The molecule has 0 fully saturated rings. The van der Waals surface area contributed by atoms with E-state index in [1.165, 1.54) is 0 Å². The van der Waals surface area contributed by atoms with Crippen molar-refractivity contribution < 1.29 is 19.5 Å². The van der Waals surface area contributed by atoms with Crippen molar-refractivity contribution in [1.29, 1.82) is 0 Å². The normalized spacial score (nSPS) is 14.4. The topological polar surface area (TPSA) is 95.5 Å². The largest absolute Gasteiger partial charge is 0.481 e. The van der Waals surface area contributed by atoms with Gasteiger partial charge in [0.15, 0.2) is 0 Å². The highest BCUT2D eigenvalue weighted by Crippen LogP contribution is 2.21. The highest BCUT2D eigenvalue weighted by atomic mass is 16.4. The van der Waals surface area contributed by atoms with Crippen molar-refractivity contribution in [1.82, 2.24) is 10.6 Å². The third kappa shape index (κ3) is 7.11. The molecule has 1 unspecified atom stereocenters. The minimum atomic E-state index is -0.951. The van der Waals surface area contributed by atoms with Crippen LogP contribution in [0.3, 0.4) is 0 Å². The minimum absolute atomic E-state index is 0.0123. The van der Waals surface area contributed by atoms with Crippen molar-refractivity contribution in [3.63, 3.8) is 0 Å². The van der Waals surface area contributed by atoms with Gasteiger partial charge in [-0.2, -0.15) is 0 Å². The van der Waals surface area contributed by atoms with E-state index in [4.69, 9.17) is 5.11 Å². The van der Waals surface area contributed by atoms with Crippen LogP contribution in [-0.2, 0) is 14.4 Å². The summed E-state index contributed by atoms with van der Waals surface area (Å²) in [7, 11) is 0. The lowest BCUT2D eigenvalue weighted by atomic mass is 9.85. The molecule has 0 rings (SSSR count). The van der Waals surface area contributed by atoms with Crippen LogP contribution in [0.25, 0.3) is 0 Å². The fourth-order valence-corrected chi connectivity index (χ4v) is 1.64. The second kappa shape index (κ2) is 7.43. The molecule has 0 heterocycles. The van der Waals surface area contributed by atoms with E-state index in [0.29, 0.717) is 0 Å². The van der Waals surface area contributed by atoms with Gasteiger partial charge in [0.1, 0.15) is 0 Å². The minimum Gasteiger partial charge on any atom is -0.481 e. The number of carboxylic acids is 1. The summed E-state index contributed by atoms with van der Waals surface area (Å²) < 4.78 is 0. The molecule has 0 aliphatic carbocycles. The molecule has 0 aromatic heterocycles. The van der Waals surface area contributed by atoms with E-state index >= 15 is 0 Å². The lowest BCUT2D eigenvalue weighted by molar-refractivity contribution is -0.139. The summed E-state index contributed by atoms with van der Waals surface area (Å²) >= 11 is 0. The summed E-state index contributed by atoms with van der Waals surface area (Å²) in [6.07, 6.45) is -0.00545. The van der Waals surface area contributed by atoms with Gasteiger partial charge < -0.3 is 15.7 Å². The van der Waals surface area contributed by atoms with E-state index in [0.717, 1.165) is 0 Å². The molecule has 3 N–H and O–H groups in total. The number of carbonyl (C=O) groups excluding carboxylic acids is 2. The Hall–Kier alpha value is -1.59. The molecule has 0 spiro atoms. The number of hydrogen-bond acceptors (Lipinski definition) is 3. The first-order valence-electron chi connectivity index (χ1n) is 7.19. The van der Waals surface area contributed by atoms with Crippen molar-refractivity contribution in [2.75, 3.05) is 6.54 Å². The van der Waals surface area contributed by atoms with Crippen molar-refractivity contribution in [2.45, 2.75) is 59.9 Å². The average Bonchev–Trinajstić information content (AvgIpc) is 2.25. The second-order valence-corrected chi connectivity index (χ2v) is 6.95. The molecule has 0 saturated carbocycles. The highest BCUT2D eigenvalue weighted by Gasteiger charge is 2.32. The van der Waals surface area contributed by atoms with Gasteiger partial charge >= 0.3 is 5.97 Å². The zero-order valence-corrected chi connectivity index (χ0v) is 13.9. The molecule has 1 atom stereocenters. The van der Waals surface area contributed by atoms with Gasteiger partial charge in [-0.3, -0.25) is 14.4 Å². The summed E-state index contributed by atoms with van der Waals surface area (Å²) in [6, 6.07) is 0. The fraction of sp³-hybridized carbons (Fsp3) is 0.800. The smallest absolute Gasteiger partial charge is 0.305 e. The van der Waals surface area contributed by atoms with E-state index in [2.05, 4.69) is 10.6 Å². The number of hydrogen-bond donors (Lipinski definition) is 3. The molecule has 0 aromatic carbocycles. The predicted octanol–water partition coefficient (Wildman–Crippen LogP) is 1.54. The van der Waals surface area contributed by atoms with Gasteiger partial charge in [0.2, 0.25) is 11.8 Å². The predicted molar refractivity (Wildman–Crippen MR) is 80.7 cm³/mol. The lowest BCUT2D eigenvalue weighted by Crippen LogP contribution is -2.51. The van der Waals surface area contributed by atoms with Crippen LogP contribution in [0.1, 0.15) is 54.4 Å². The monoisotopic (exact) mass is 300 g/mol. The summed E-state index contributed by atoms with van der Waals surface area (Å²) in [5.41, 5.74) is -1.29. The number of nitrogens with one attached hydrogen (secondary N) is 2. The van der Waals surface area contributed by atoms with Crippen molar-refractivity contribution in [2.24, 2.45) is 11.3 Å². The third-order valence-electron chi connectivity index (χ3n) is 3.54. The van der Waals surface area contributed by atoms with Crippen molar-refractivity contribution in [3.05, 3.63) is 0 Å². The van der Waals surface area contributed by atoms with Gasteiger partial charge in [0, 0.05) is 23.9 Å². The molecule has 6 nitrogen and oxygen atoms in total. The second-order valence-electron chi connectivity index (χ2n) is 6.95. The Bertz CT molecular complexity index is 399. The molecule has 0 radical (unpaired) electrons. The van der Waals surface area contributed by atoms with Crippen LogP contribution in [-0.4, -0.2) is 35.0 Å². The average molecular weight is 300 g/mol. The van der Waals surface area contributed by atoms with Crippen LogP contribution in [0.4, 0.5) is 0 Å². The van der Waals surface area contributed by atoms with E-state index < -0.39 is 16.9 Å². The van der Waals surface area contributed by atoms with Crippen LogP contribution in [0.15, 0.2) is 0 Å². The van der Waals surface area contributed by atoms with E-state index in [1.807, 2.05) is 13.8 Å². The lowest BCUT2D eigenvalue weighted by Gasteiger charge is -2.33. The molecule has 0 aliphatic rings. The molecule has 0 aliphatic heterocycles. The van der Waals surface area contributed by atoms with E-state index in [1.54, 1.807) is 27.7 Å².